The first-order valence-corrected chi connectivity index (χ1v) is 10.2. The van der Waals surface area contributed by atoms with Crippen LogP contribution in [-0.2, 0) is 4.74 Å². The molecule has 144 valence electrons. The van der Waals surface area contributed by atoms with E-state index >= 15 is 0 Å². The molecule has 1 fully saturated rings. The van der Waals surface area contributed by atoms with Gasteiger partial charge < -0.3 is 14.4 Å². The normalized spacial score (nSPS) is 18.6. The van der Waals surface area contributed by atoms with E-state index in [2.05, 4.69) is 30.4 Å². The van der Waals surface area contributed by atoms with Crippen molar-refractivity contribution in [1.82, 2.24) is 15.0 Å². The Morgan fingerprint density at radius 2 is 2.11 bits per heavy atom. The number of morpholine rings is 1. The van der Waals surface area contributed by atoms with Crippen LogP contribution < -0.4 is 15.1 Å². The van der Waals surface area contributed by atoms with Crippen LogP contribution in [-0.4, -0.2) is 53.6 Å². The minimum atomic E-state index is 0.675. The fourth-order valence-electron chi connectivity index (χ4n) is 3.33. The summed E-state index contributed by atoms with van der Waals surface area (Å²) in [5, 5.41) is 5.33. The molecule has 1 saturated heterocycles. The minimum Gasteiger partial charge on any atom is -0.491 e. The number of pyridine rings is 2. The van der Waals surface area contributed by atoms with Gasteiger partial charge in [-0.05, 0) is 25.0 Å². The first-order valence-electron chi connectivity index (χ1n) is 9.37. The Balaban J connectivity index is 1.39. The van der Waals surface area contributed by atoms with Gasteiger partial charge in [-0.2, -0.15) is 5.10 Å². The highest BCUT2D eigenvalue weighted by Crippen LogP contribution is 2.29. The van der Waals surface area contributed by atoms with Crippen LogP contribution in [0.5, 0.6) is 5.75 Å². The highest BCUT2D eigenvalue weighted by Gasteiger charge is 2.17. The van der Waals surface area contributed by atoms with Crippen molar-refractivity contribution in [2.24, 2.45) is 5.10 Å². The van der Waals surface area contributed by atoms with Crippen LogP contribution in [0, 0.1) is 0 Å². The Bertz CT molecular complexity index is 1010. The van der Waals surface area contributed by atoms with Gasteiger partial charge in [0.05, 0.1) is 35.7 Å². The third-order valence-corrected chi connectivity index (χ3v) is 5.65. The Hall–Kier alpha value is -2.78. The molecule has 9 heteroatoms. The minimum absolute atomic E-state index is 0.675. The standard InChI is InChI=1S/C19H20N6O2S/c1-4-15-18(20-5-1)13(3-2-8-27-15)23-24-19-22-14-11-17(21-12-16(14)28-19)25-6-9-26-10-7-25/h1,4-5,11-12H,2-3,6-10H2,(H,22,24)/b23-13+. The molecule has 5 heterocycles. The fourth-order valence-corrected chi connectivity index (χ4v) is 4.08. The van der Waals surface area contributed by atoms with Crippen LogP contribution in [0.3, 0.4) is 0 Å². The molecule has 3 aromatic rings. The van der Waals surface area contributed by atoms with E-state index in [1.807, 2.05) is 24.4 Å². The molecule has 0 radical (unpaired) electrons. The van der Waals surface area contributed by atoms with Gasteiger partial charge in [-0.3, -0.25) is 10.4 Å². The number of ether oxygens (including phenoxy) is 2. The predicted octanol–water partition coefficient (Wildman–Crippen LogP) is 2.91. The quantitative estimate of drug-likeness (QED) is 0.682. The number of fused-ring (bicyclic) bond motifs is 2. The molecular formula is C19H20N6O2S. The summed E-state index contributed by atoms with van der Waals surface area (Å²) in [6.07, 6.45) is 5.36. The van der Waals surface area contributed by atoms with Crippen LogP contribution in [0.2, 0.25) is 0 Å². The number of hydrazone groups is 1. The average Bonchev–Trinajstić information content (AvgIpc) is 3.05. The highest BCUT2D eigenvalue weighted by molar-refractivity contribution is 7.22. The summed E-state index contributed by atoms with van der Waals surface area (Å²) in [6, 6.07) is 5.84. The third-order valence-electron chi connectivity index (χ3n) is 4.74. The van der Waals surface area contributed by atoms with Crippen LogP contribution >= 0.6 is 11.3 Å². The second kappa shape index (κ2) is 7.69. The number of hydrogen-bond donors (Lipinski definition) is 1. The molecule has 0 amide bonds. The van der Waals surface area contributed by atoms with Crippen LogP contribution in [0.1, 0.15) is 18.5 Å². The lowest BCUT2D eigenvalue weighted by Crippen LogP contribution is -2.36. The third kappa shape index (κ3) is 3.50. The fraction of sp³-hybridized carbons (Fsp3) is 0.368. The predicted molar refractivity (Wildman–Crippen MR) is 110 cm³/mol. The maximum atomic E-state index is 5.74. The summed E-state index contributed by atoms with van der Waals surface area (Å²) in [7, 11) is 0. The zero-order chi connectivity index (χ0) is 18.8. The molecule has 5 rings (SSSR count). The average molecular weight is 396 g/mol. The number of nitrogens with zero attached hydrogens (tertiary/aromatic N) is 5. The van der Waals surface area contributed by atoms with Crippen LogP contribution in [0.25, 0.3) is 10.2 Å². The Kier molecular flexibility index (Phi) is 4.76. The van der Waals surface area contributed by atoms with Gasteiger partial charge >= 0.3 is 0 Å². The van der Waals surface area contributed by atoms with Crippen molar-refractivity contribution in [3.05, 3.63) is 36.3 Å². The molecule has 8 nitrogen and oxygen atoms in total. The lowest BCUT2D eigenvalue weighted by atomic mass is 10.1. The van der Waals surface area contributed by atoms with Crippen molar-refractivity contribution in [3.8, 4) is 5.75 Å². The van der Waals surface area contributed by atoms with Gasteiger partial charge in [-0.1, -0.05) is 11.3 Å². The molecule has 2 aliphatic rings. The molecule has 0 aromatic carbocycles. The molecule has 0 unspecified atom stereocenters. The molecular weight excluding hydrogens is 376 g/mol. The van der Waals surface area contributed by atoms with Crippen molar-refractivity contribution >= 4 is 38.2 Å². The molecule has 0 bridgehead atoms. The van der Waals surface area contributed by atoms with E-state index in [1.165, 1.54) is 0 Å². The molecule has 0 aliphatic carbocycles. The van der Waals surface area contributed by atoms with Crippen molar-refractivity contribution in [1.29, 1.82) is 0 Å². The second-order valence-electron chi connectivity index (χ2n) is 6.60. The van der Waals surface area contributed by atoms with Crippen molar-refractivity contribution < 1.29 is 9.47 Å². The number of nitrogens with one attached hydrogen (secondary N) is 1. The first kappa shape index (κ1) is 17.3. The van der Waals surface area contributed by atoms with Gasteiger partial charge in [0.2, 0.25) is 5.13 Å². The molecule has 0 atom stereocenters. The maximum Gasteiger partial charge on any atom is 0.204 e. The molecule has 3 aromatic heterocycles. The Morgan fingerprint density at radius 1 is 1.18 bits per heavy atom. The van der Waals surface area contributed by atoms with E-state index in [1.54, 1.807) is 17.5 Å². The van der Waals surface area contributed by atoms with Gasteiger partial charge in [0.15, 0.2) is 0 Å². The van der Waals surface area contributed by atoms with Crippen LogP contribution in [0.4, 0.5) is 10.9 Å². The first-order chi connectivity index (χ1) is 13.9. The lowest BCUT2D eigenvalue weighted by Gasteiger charge is -2.27. The molecule has 0 spiro atoms. The highest BCUT2D eigenvalue weighted by atomic mass is 32.1. The van der Waals surface area contributed by atoms with E-state index in [9.17, 15) is 0 Å². The van der Waals surface area contributed by atoms with E-state index in [0.29, 0.717) is 6.61 Å². The number of thiazole rings is 1. The topological polar surface area (TPSA) is 84.8 Å². The summed E-state index contributed by atoms with van der Waals surface area (Å²) in [6.45, 7) is 3.86. The zero-order valence-electron chi connectivity index (χ0n) is 15.3. The Labute approximate surface area is 166 Å². The van der Waals surface area contributed by atoms with Gasteiger partial charge in [0.1, 0.15) is 17.3 Å². The molecule has 28 heavy (non-hydrogen) atoms. The number of anilines is 2. The van der Waals surface area contributed by atoms with Gasteiger partial charge in [-0.15, -0.1) is 0 Å². The summed E-state index contributed by atoms with van der Waals surface area (Å²) < 4.78 is 12.2. The van der Waals surface area contributed by atoms with Crippen molar-refractivity contribution in [2.75, 3.05) is 43.2 Å². The number of hydrogen-bond acceptors (Lipinski definition) is 9. The van der Waals surface area contributed by atoms with Gasteiger partial charge in [0.25, 0.3) is 0 Å². The van der Waals surface area contributed by atoms with Crippen LogP contribution in [0.15, 0.2) is 35.7 Å². The van der Waals surface area contributed by atoms with E-state index < -0.39 is 0 Å². The SMILES string of the molecule is c1cnc2c(c1)OCCC/C2=N\Nc1nc2cc(N3CCOCC3)ncc2s1. The van der Waals surface area contributed by atoms with E-state index in [-0.39, 0.29) is 0 Å². The summed E-state index contributed by atoms with van der Waals surface area (Å²) in [5.41, 5.74) is 5.72. The summed E-state index contributed by atoms with van der Waals surface area (Å²) in [5.74, 6) is 1.72. The van der Waals surface area contributed by atoms with Crippen molar-refractivity contribution in [3.63, 3.8) is 0 Å². The number of rotatable bonds is 3. The van der Waals surface area contributed by atoms with Gasteiger partial charge in [-0.25, -0.2) is 9.97 Å². The van der Waals surface area contributed by atoms with Crippen molar-refractivity contribution in [2.45, 2.75) is 12.8 Å². The van der Waals surface area contributed by atoms with E-state index in [0.717, 1.165) is 77.5 Å². The molecule has 0 saturated carbocycles. The molecule has 2 aliphatic heterocycles. The van der Waals surface area contributed by atoms with Gasteiger partial charge in [0, 0.05) is 31.5 Å². The summed E-state index contributed by atoms with van der Waals surface area (Å²) >= 11 is 1.54. The Morgan fingerprint density at radius 3 is 3.04 bits per heavy atom. The lowest BCUT2D eigenvalue weighted by molar-refractivity contribution is 0.122. The zero-order valence-corrected chi connectivity index (χ0v) is 16.1. The summed E-state index contributed by atoms with van der Waals surface area (Å²) in [4.78, 5) is 15.9. The largest absolute Gasteiger partial charge is 0.491 e. The maximum absolute atomic E-state index is 5.74. The second-order valence-corrected chi connectivity index (χ2v) is 7.63. The van der Waals surface area contributed by atoms with E-state index in [4.69, 9.17) is 9.47 Å². The smallest absolute Gasteiger partial charge is 0.204 e. The monoisotopic (exact) mass is 396 g/mol. The molecule has 1 N–H and O–H groups in total. The number of aromatic nitrogens is 3.